The zero-order valence-corrected chi connectivity index (χ0v) is 12.3. The highest BCUT2D eigenvalue weighted by atomic mass is 35.5. The van der Waals surface area contributed by atoms with Crippen LogP contribution in [0, 0.1) is 5.92 Å². The first-order valence-electron chi connectivity index (χ1n) is 6.92. The van der Waals surface area contributed by atoms with Gasteiger partial charge in [-0.25, -0.2) is 0 Å². The predicted molar refractivity (Wildman–Crippen MR) is 77.9 cm³/mol. The summed E-state index contributed by atoms with van der Waals surface area (Å²) >= 11 is 5.79. The van der Waals surface area contributed by atoms with Crippen LogP contribution >= 0.6 is 11.6 Å². The molecule has 0 spiro atoms. The van der Waals surface area contributed by atoms with E-state index in [0.717, 1.165) is 19.3 Å². The molecule has 110 valence electrons. The molecule has 1 amide bonds. The third-order valence-corrected chi connectivity index (χ3v) is 3.83. The summed E-state index contributed by atoms with van der Waals surface area (Å²) in [6.45, 7) is 2.32. The fraction of sp³-hybridized carbons (Fsp3) is 0.533. The largest absolute Gasteiger partial charge is 0.481 e. The van der Waals surface area contributed by atoms with E-state index >= 15 is 0 Å². The minimum absolute atomic E-state index is 0.138. The highest BCUT2D eigenvalue weighted by molar-refractivity contribution is 6.30. The van der Waals surface area contributed by atoms with Crippen LogP contribution in [0.4, 0.5) is 0 Å². The number of carbonyl (C=O) groups excluding carboxylic acids is 1. The van der Waals surface area contributed by atoms with Gasteiger partial charge in [-0.3, -0.25) is 4.79 Å². The Balaban J connectivity index is 1.75. The van der Waals surface area contributed by atoms with Crippen molar-refractivity contribution in [1.29, 1.82) is 0 Å². The zero-order chi connectivity index (χ0) is 14.5. The lowest BCUT2D eigenvalue weighted by Gasteiger charge is -2.16. The SMILES string of the molecule is CC(Oc1ccc(Cl)cc1)C(=O)NCC1CCC(O)C1. The molecule has 0 bridgehead atoms. The van der Waals surface area contributed by atoms with Crippen LogP contribution in [0.3, 0.4) is 0 Å². The van der Waals surface area contributed by atoms with Gasteiger partial charge in [-0.05, 0) is 56.4 Å². The second kappa shape index (κ2) is 6.95. The lowest BCUT2D eigenvalue weighted by molar-refractivity contribution is -0.127. The molecule has 2 rings (SSSR count). The third kappa shape index (κ3) is 4.39. The van der Waals surface area contributed by atoms with Gasteiger partial charge in [-0.15, -0.1) is 0 Å². The fourth-order valence-electron chi connectivity index (χ4n) is 2.39. The first-order valence-corrected chi connectivity index (χ1v) is 7.30. The predicted octanol–water partition coefficient (Wildman–Crippen LogP) is 2.38. The smallest absolute Gasteiger partial charge is 0.260 e. The number of carbonyl (C=O) groups is 1. The Bertz CT molecular complexity index is 449. The van der Waals surface area contributed by atoms with Crippen molar-refractivity contribution >= 4 is 17.5 Å². The standard InChI is InChI=1S/C15H20ClNO3/c1-10(20-14-6-3-12(16)4-7-14)15(19)17-9-11-2-5-13(18)8-11/h3-4,6-7,10-11,13,18H,2,5,8-9H2,1H3,(H,17,19). The molecule has 0 radical (unpaired) electrons. The van der Waals surface area contributed by atoms with E-state index in [4.69, 9.17) is 16.3 Å². The van der Waals surface area contributed by atoms with E-state index in [1.165, 1.54) is 0 Å². The number of nitrogens with one attached hydrogen (secondary N) is 1. The maximum absolute atomic E-state index is 11.9. The van der Waals surface area contributed by atoms with Gasteiger partial charge >= 0.3 is 0 Å². The van der Waals surface area contributed by atoms with Gasteiger partial charge < -0.3 is 15.2 Å². The van der Waals surface area contributed by atoms with Gasteiger partial charge in [0, 0.05) is 11.6 Å². The van der Waals surface area contributed by atoms with Crippen molar-refractivity contribution in [2.45, 2.75) is 38.4 Å². The van der Waals surface area contributed by atoms with Crippen LogP contribution in [0.1, 0.15) is 26.2 Å². The second-order valence-corrected chi connectivity index (χ2v) is 5.73. The average Bonchev–Trinajstić information content (AvgIpc) is 2.84. The molecular formula is C15H20ClNO3. The average molecular weight is 298 g/mol. The number of aliphatic hydroxyl groups is 1. The summed E-state index contributed by atoms with van der Waals surface area (Å²) in [4.78, 5) is 11.9. The van der Waals surface area contributed by atoms with Crippen molar-refractivity contribution in [2.75, 3.05) is 6.54 Å². The van der Waals surface area contributed by atoms with Crippen LogP contribution < -0.4 is 10.1 Å². The monoisotopic (exact) mass is 297 g/mol. The molecule has 0 saturated heterocycles. The third-order valence-electron chi connectivity index (χ3n) is 3.57. The summed E-state index contributed by atoms with van der Waals surface area (Å²) in [6, 6.07) is 6.92. The lowest BCUT2D eigenvalue weighted by atomic mass is 10.1. The summed E-state index contributed by atoms with van der Waals surface area (Å²) in [7, 11) is 0. The lowest BCUT2D eigenvalue weighted by Crippen LogP contribution is -2.38. The van der Waals surface area contributed by atoms with Gasteiger partial charge in [-0.1, -0.05) is 11.6 Å². The Kier molecular flexibility index (Phi) is 5.26. The topological polar surface area (TPSA) is 58.6 Å². The van der Waals surface area contributed by atoms with Gasteiger partial charge in [0.25, 0.3) is 5.91 Å². The number of benzene rings is 1. The number of hydrogen-bond acceptors (Lipinski definition) is 3. The van der Waals surface area contributed by atoms with Crippen LogP contribution in [0.5, 0.6) is 5.75 Å². The molecule has 1 fully saturated rings. The van der Waals surface area contributed by atoms with Crippen molar-refractivity contribution in [3.8, 4) is 5.75 Å². The Morgan fingerprint density at radius 2 is 2.15 bits per heavy atom. The van der Waals surface area contributed by atoms with Gasteiger partial charge in [0.1, 0.15) is 5.75 Å². The highest BCUT2D eigenvalue weighted by Gasteiger charge is 2.24. The molecule has 5 heteroatoms. The number of ether oxygens (including phenoxy) is 1. The summed E-state index contributed by atoms with van der Waals surface area (Å²) < 4.78 is 5.55. The maximum atomic E-state index is 11.9. The summed E-state index contributed by atoms with van der Waals surface area (Å²) in [6.07, 6.45) is 1.81. The van der Waals surface area contributed by atoms with E-state index in [2.05, 4.69) is 5.32 Å². The van der Waals surface area contributed by atoms with Crippen LogP contribution in [0.2, 0.25) is 5.02 Å². The first kappa shape index (κ1) is 15.1. The zero-order valence-electron chi connectivity index (χ0n) is 11.5. The molecule has 1 aromatic carbocycles. The van der Waals surface area contributed by atoms with Crippen molar-refractivity contribution in [3.63, 3.8) is 0 Å². The number of aliphatic hydroxyl groups excluding tert-OH is 1. The quantitative estimate of drug-likeness (QED) is 0.877. The molecule has 1 aromatic rings. The fourth-order valence-corrected chi connectivity index (χ4v) is 2.52. The molecule has 3 unspecified atom stereocenters. The summed E-state index contributed by atoms with van der Waals surface area (Å²) in [5, 5.41) is 13.0. The van der Waals surface area contributed by atoms with E-state index in [9.17, 15) is 9.90 Å². The van der Waals surface area contributed by atoms with E-state index in [-0.39, 0.29) is 12.0 Å². The number of rotatable bonds is 5. The Labute approximate surface area is 124 Å². The molecule has 1 saturated carbocycles. The van der Waals surface area contributed by atoms with Crippen LogP contribution in [0.25, 0.3) is 0 Å². The van der Waals surface area contributed by atoms with Crippen LogP contribution in [0.15, 0.2) is 24.3 Å². The van der Waals surface area contributed by atoms with Crippen LogP contribution in [-0.2, 0) is 4.79 Å². The van der Waals surface area contributed by atoms with Crippen LogP contribution in [-0.4, -0.2) is 29.8 Å². The van der Waals surface area contributed by atoms with E-state index in [0.29, 0.717) is 23.2 Å². The molecule has 1 aliphatic rings. The Morgan fingerprint density at radius 1 is 1.45 bits per heavy atom. The second-order valence-electron chi connectivity index (χ2n) is 5.29. The maximum Gasteiger partial charge on any atom is 0.260 e. The molecule has 4 nitrogen and oxygen atoms in total. The van der Waals surface area contributed by atoms with Gasteiger partial charge in [0.2, 0.25) is 0 Å². The minimum atomic E-state index is -0.553. The molecule has 1 aliphatic carbocycles. The normalized spacial score (nSPS) is 23.4. The molecular weight excluding hydrogens is 278 g/mol. The number of halogens is 1. The molecule has 3 atom stereocenters. The van der Waals surface area contributed by atoms with Gasteiger partial charge in [0.15, 0.2) is 6.10 Å². The molecule has 20 heavy (non-hydrogen) atoms. The number of hydrogen-bond donors (Lipinski definition) is 2. The molecule has 0 aliphatic heterocycles. The number of amides is 1. The van der Waals surface area contributed by atoms with E-state index in [1.807, 2.05) is 0 Å². The van der Waals surface area contributed by atoms with Crippen molar-refractivity contribution in [1.82, 2.24) is 5.32 Å². The molecule has 2 N–H and O–H groups in total. The van der Waals surface area contributed by atoms with Crippen molar-refractivity contribution in [2.24, 2.45) is 5.92 Å². The van der Waals surface area contributed by atoms with Crippen molar-refractivity contribution in [3.05, 3.63) is 29.3 Å². The summed E-state index contributed by atoms with van der Waals surface area (Å²) in [5.74, 6) is 0.853. The van der Waals surface area contributed by atoms with E-state index < -0.39 is 6.10 Å². The molecule has 0 heterocycles. The Morgan fingerprint density at radius 3 is 2.75 bits per heavy atom. The summed E-state index contributed by atoms with van der Waals surface area (Å²) in [5.41, 5.74) is 0. The Hall–Kier alpha value is -1.26. The van der Waals surface area contributed by atoms with Crippen molar-refractivity contribution < 1.29 is 14.6 Å². The first-order chi connectivity index (χ1) is 9.54. The van der Waals surface area contributed by atoms with Gasteiger partial charge in [0.05, 0.1) is 6.10 Å². The minimum Gasteiger partial charge on any atom is -0.481 e. The highest BCUT2D eigenvalue weighted by Crippen LogP contribution is 2.24. The van der Waals surface area contributed by atoms with Gasteiger partial charge in [-0.2, -0.15) is 0 Å². The van der Waals surface area contributed by atoms with E-state index in [1.54, 1.807) is 31.2 Å². The molecule has 0 aromatic heterocycles.